The number of anilines is 1. The molecule has 0 amide bonds. The Morgan fingerprint density at radius 3 is 2.94 bits per heavy atom. The van der Waals surface area contributed by atoms with Crippen LogP contribution in [0.5, 0.6) is 0 Å². The number of aromatic nitrogens is 1. The van der Waals surface area contributed by atoms with Crippen molar-refractivity contribution in [2.45, 2.75) is 0 Å². The van der Waals surface area contributed by atoms with Crippen molar-refractivity contribution in [3.8, 4) is 11.8 Å². The van der Waals surface area contributed by atoms with Gasteiger partial charge in [-0.05, 0) is 6.07 Å². The molecular weight excluding hydrogens is 215 g/mol. The zero-order valence-corrected chi connectivity index (χ0v) is 8.20. The third-order valence-corrected chi connectivity index (χ3v) is 1.63. The number of carboxylic acid groups (broad SMARTS) is 1. The Kier molecular flexibility index (Phi) is 4.24. The minimum Gasteiger partial charge on any atom is -0.478 e. The van der Waals surface area contributed by atoms with Crippen LogP contribution < -0.4 is 5.32 Å². The number of nitrogens with one attached hydrogen (secondary N) is 1. The van der Waals surface area contributed by atoms with Crippen molar-refractivity contribution in [1.29, 1.82) is 0 Å². The average Bonchev–Trinajstić information content (AvgIpc) is 2.26. The molecule has 1 rings (SSSR count). The van der Waals surface area contributed by atoms with Crippen LogP contribution in [0, 0.1) is 17.7 Å². The number of pyridine rings is 1. The number of carboxylic acids is 1. The van der Waals surface area contributed by atoms with E-state index in [-0.39, 0.29) is 24.5 Å². The van der Waals surface area contributed by atoms with Gasteiger partial charge in [0.15, 0.2) is 0 Å². The molecule has 0 aromatic carbocycles. The van der Waals surface area contributed by atoms with E-state index in [1.807, 2.05) is 0 Å². The van der Waals surface area contributed by atoms with E-state index in [1.54, 1.807) is 0 Å². The predicted molar refractivity (Wildman–Crippen MR) is 54.5 cm³/mol. The first-order valence-corrected chi connectivity index (χ1v) is 4.34. The number of hydrogen-bond acceptors (Lipinski definition) is 4. The molecule has 0 bridgehead atoms. The first-order chi connectivity index (χ1) is 7.65. The molecule has 1 aromatic rings. The smallest absolute Gasteiger partial charge is 0.339 e. The van der Waals surface area contributed by atoms with Gasteiger partial charge in [0.2, 0.25) is 0 Å². The summed E-state index contributed by atoms with van der Waals surface area (Å²) in [5.74, 6) is 2.95. The van der Waals surface area contributed by atoms with E-state index in [2.05, 4.69) is 22.1 Å². The topological polar surface area (TPSA) is 82.5 Å². The fraction of sp³-hybridized carbons (Fsp3) is 0.200. The number of aromatic carboxylic acids is 1. The molecular formula is C10H9FN2O3. The van der Waals surface area contributed by atoms with Gasteiger partial charge in [-0.1, -0.05) is 11.8 Å². The normalized spacial score (nSPS) is 9.12. The van der Waals surface area contributed by atoms with Gasteiger partial charge in [0.1, 0.15) is 23.8 Å². The van der Waals surface area contributed by atoms with Crippen LogP contribution in [0.1, 0.15) is 10.4 Å². The minimum absolute atomic E-state index is 0.0427. The van der Waals surface area contributed by atoms with E-state index in [9.17, 15) is 9.18 Å². The van der Waals surface area contributed by atoms with Crippen molar-refractivity contribution >= 4 is 11.8 Å². The largest absolute Gasteiger partial charge is 0.478 e. The van der Waals surface area contributed by atoms with E-state index in [0.29, 0.717) is 0 Å². The number of rotatable bonds is 3. The van der Waals surface area contributed by atoms with Gasteiger partial charge in [0.25, 0.3) is 0 Å². The van der Waals surface area contributed by atoms with Crippen molar-refractivity contribution in [2.75, 3.05) is 18.5 Å². The van der Waals surface area contributed by atoms with Crippen LogP contribution in [-0.4, -0.2) is 34.3 Å². The molecule has 16 heavy (non-hydrogen) atoms. The summed E-state index contributed by atoms with van der Waals surface area (Å²) < 4.78 is 12.7. The summed E-state index contributed by atoms with van der Waals surface area (Å²) in [5, 5.41) is 19.8. The molecule has 6 heteroatoms. The highest BCUT2D eigenvalue weighted by Crippen LogP contribution is 2.12. The maximum absolute atomic E-state index is 12.7. The van der Waals surface area contributed by atoms with E-state index < -0.39 is 11.8 Å². The highest BCUT2D eigenvalue weighted by molar-refractivity contribution is 5.93. The van der Waals surface area contributed by atoms with Crippen LogP contribution in [0.3, 0.4) is 0 Å². The van der Waals surface area contributed by atoms with Gasteiger partial charge >= 0.3 is 5.97 Å². The van der Waals surface area contributed by atoms with Gasteiger partial charge in [-0.3, -0.25) is 0 Å². The van der Waals surface area contributed by atoms with E-state index in [1.165, 1.54) is 0 Å². The average molecular weight is 224 g/mol. The monoisotopic (exact) mass is 224 g/mol. The van der Waals surface area contributed by atoms with E-state index in [0.717, 1.165) is 12.3 Å². The lowest BCUT2D eigenvalue weighted by Crippen LogP contribution is -2.09. The minimum atomic E-state index is -1.27. The summed E-state index contributed by atoms with van der Waals surface area (Å²) in [6, 6.07) is 0.872. The summed E-state index contributed by atoms with van der Waals surface area (Å²) in [6.07, 6.45) is 0.911. The lowest BCUT2D eigenvalue weighted by Gasteiger charge is -2.04. The second-order valence-electron chi connectivity index (χ2n) is 2.72. The number of hydrogen-bond donors (Lipinski definition) is 3. The van der Waals surface area contributed by atoms with Crippen molar-refractivity contribution < 1.29 is 19.4 Å². The third-order valence-electron chi connectivity index (χ3n) is 1.63. The van der Waals surface area contributed by atoms with Crippen LogP contribution in [0.15, 0.2) is 12.3 Å². The summed E-state index contributed by atoms with van der Waals surface area (Å²) in [5.41, 5.74) is -0.259. The van der Waals surface area contributed by atoms with Gasteiger partial charge in [-0.2, -0.15) is 0 Å². The van der Waals surface area contributed by atoms with Crippen LogP contribution >= 0.6 is 0 Å². The molecule has 0 saturated heterocycles. The number of aliphatic hydroxyl groups excluding tert-OH is 1. The Bertz CT molecular complexity index is 451. The molecule has 0 atom stereocenters. The Morgan fingerprint density at radius 2 is 2.31 bits per heavy atom. The molecule has 0 unspecified atom stereocenters. The molecule has 3 N–H and O–H groups in total. The van der Waals surface area contributed by atoms with Gasteiger partial charge in [-0.15, -0.1) is 0 Å². The van der Waals surface area contributed by atoms with Crippen molar-refractivity contribution in [1.82, 2.24) is 4.98 Å². The fourth-order valence-corrected chi connectivity index (χ4v) is 0.989. The first kappa shape index (κ1) is 11.9. The van der Waals surface area contributed by atoms with E-state index in [4.69, 9.17) is 10.2 Å². The van der Waals surface area contributed by atoms with Crippen molar-refractivity contribution in [2.24, 2.45) is 0 Å². The molecule has 84 valence electrons. The van der Waals surface area contributed by atoms with Gasteiger partial charge in [0, 0.05) is 0 Å². The summed E-state index contributed by atoms with van der Waals surface area (Å²) in [4.78, 5) is 14.3. The Hall–Kier alpha value is -2.13. The Labute approximate surface area is 90.9 Å². The predicted octanol–water partition coefficient (Wildman–Crippen LogP) is 0.327. The lowest BCUT2D eigenvalue weighted by atomic mass is 10.2. The molecule has 0 aliphatic carbocycles. The zero-order valence-electron chi connectivity index (χ0n) is 8.20. The Morgan fingerprint density at radius 1 is 1.56 bits per heavy atom. The molecule has 5 nitrogen and oxygen atoms in total. The maximum Gasteiger partial charge on any atom is 0.339 e. The number of carbonyl (C=O) groups is 1. The summed E-state index contributed by atoms with van der Waals surface area (Å²) >= 11 is 0. The number of aliphatic hydroxyl groups is 1. The standard InChI is InChI=1S/C10H9FN2O3/c11-7-5-8(10(15)16)9(13-6-7)12-3-1-2-4-14/h5-6,14H,3-4H2,(H,12,13)(H,15,16). The maximum atomic E-state index is 12.7. The fourth-order valence-electron chi connectivity index (χ4n) is 0.989. The highest BCUT2D eigenvalue weighted by Gasteiger charge is 2.11. The zero-order chi connectivity index (χ0) is 12.0. The van der Waals surface area contributed by atoms with Gasteiger partial charge < -0.3 is 15.5 Å². The number of nitrogens with zero attached hydrogens (tertiary/aromatic N) is 1. The summed E-state index contributed by atoms with van der Waals surface area (Å²) in [6.45, 7) is -0.149. The van der Waals surface area contributed by atoms with Crippen LogP contribution in [0.25, 0.3) is 0 Å². The molecule has 1 aromatic heterocycles. The highest BCUT2D eigenvalue weighted by atomic mass is 19.1. The van der Waals surface area contributed by atoms with Crippen molar-refractivity contribution in [3.63, 3.8) is 0 Å². The molecule has 0 aliphatic heterocycles. The van der Waals surface area contributed by atoms with Crippen LogP contribution in [0.2, 0.25) is 0 Å². The molecule has 0 saturated carbocycles. The number of halogens is 1. The SMILES string of the molecule is O=C(O)c1cc(F)cnc1NCC#CCO. The summed E-state index contributed by atoms with van der Waals surface area (Å²) in [7, 11) is 0. The van der Waals surface area contributed by atoms with Crippen LogP contribution in [0.4, 0.5) is 10.2 Å². The quantitative estimate of drug-likeness (QED) is 0.644. The van der Waals surface area contributed by atoms with Gasteiger partial charge in [-0.25, -0.2) is 14.2 Å². The molecule has 0 fully saturated rings. The van der Waals surface area contributed by atoms with Gasteiger partial charge in [0.05, 0.1) is 12.7 Å². The second kappa shape index (κ2) is 5.68. The van der Waals surface area contributed by atoms with Crippen LogP contribution in [-0.2, 0) is 0 Å². The molecule has 0 aliphatic rings. The van der Waals surface area contributed by atoms with E-state index >= 15 is 0 Å². The van der Waals surface area contributed by atoms with Crippen molar-refractivity contribution in [3.05, 3.63) is 23.6 Å². The molecule has 0 radical (unpaired) electrons. The second-order valence-corrected chi connectivity index (χ2v) is 2.72. The first-order valence-electron chi connectivity index (χ1n) is 4.34. The molecule has 1 heterocycles. The molecule has 0 spiro atoms. The lowest BCUT2D eigenvalue weighted by molar-refractivity contribution is 0.0697. The third kappa shape index (κ3) is 3.22. The Balaban J connectivity index is 2.82.